The van der Waals surface area contributed by atoms with Crippen molar-refractivity contribution in [2.24, 2.45) is 17.6 Å². The average molecular weight is 378 g/mol. The molecule has 1 amide bonds. The first-order chi connectivity index (χ1) is 10.5. The summed E-state index contributed by atoms with van der Waals surface area (Å²) in [6.45, 7) is 3.62. The molecule has 1 aromatic carbocycles. The van der Waals surface area contributed by atoms with Crippen molar-refractivity contribution < 1.29 is 4.79 Å². The van der Waals surface area contributed by atoms with Crippen LogP contribution in [0.3, 0.4) is 0 Å². The highest BCUT2D eigenvalue weighted by atomic mass is 35.5. The SMILES string of the molecule is CC1CCN(C(=O)C2CC2c2ccc(Cl)cc2Cl)C(CN)C1.Cl. The molecule has 0 radical (unpaired) electrons. The molecule has 1 aromatic rings. The molecule has 4 unspecified atom stereocenters. The first-order valence-electron chi connectivity index (χ1n) is 7.96. The van der Waals surface area contributed by atoms with Crippen LogP contribution in [0.4, 0.5) is 0 Å². The lowest BCUT2D eigenvalue weighted by Gasteiger charge is -2.38. The second kappa shape index (κ2) is 7.60. The Morgan fingerprint density at radius 1 is 1.35 bits per heavy atom. The zero-order valence-corrected chi connectivity index (χ0v) is 15.5. The lowest BCUT2D eigenvalue weighted by atomic mass is 9.92. The maximum Gasteiger partial charge on any atom is 0.226 e. The summed E-state index contributed by atoms with van der Waals surface area (Å²) in [5.74, 6) is 1.19. The van der Waals surface area contributed by atoms with Gasteiger partial charge in [-0.3, -0.25) is 4.79 Å². The predicted molar refractivity (Wildman–Crippen MR) is 97.5 cm³/mol. The van der Waals surface area contributed by atoms with Crippen molar-refractivity contribution in [1.29, 1.82) is 0 Å². The number of carbonyl (C=O) groups excluding carboxylic acids is 1. The molecule has 3 rings (SSSR count). The largest absolute Gasteiger partial charge is 0.338 e. The molecule has 3 nitrogen and oxygen atoms in total. The van der Waals surface area contributed by atoms with Gasteiger partial charge in [0.15, 0.2) is 0 Å². The molecule has 1 saturated carbocycles. The maximum atomic E-state index is 12.8. The molecule has 6 heteroatoms. The summed E-state index contributed by atoms with van der Waals surface area (Å²) in [6.07, 6.45) is 2.96. The van der Waals surface area contributed by atoms with Gasteiger partial charge in [0.2, 0.25) is 5.91 Å². The Morgan fingerprint density at radius 2 is 2.09 bits per heavy atom. The van der Waals surface area contributed by atoms with E-state index in [-0.39, 0.29) is 36.2 Å². The first-order valence-corrected chi connectivity index (χ1v) is 8.72. The smallest absolute Gasteiger partial charge is 0.226 e. The Kier molecular flexibility index (Phi) is 6.23. The molecule has 1 saturated heterocycles. The number of nitrogens with zero attached hydrogens (tertiary/aromatic N) is 1. The van der Waals surface area contributed by atoms with E-state index in [1.165, 1.54) is 0 Å². The van der Waals surface area contributed by atoms with Gasteiger partial charge < -0.3 is 10.6 Å². The first kappa shape index (κ1) is 18.9. The van der Waals surface area contributed by atoms with Gasteiger partial charge in [0.1, 0.15) is 0 Å². The van der Waals surface area contributed by atoms with Gasteiger partial charge in [-0.1, -0.05) is 36.2 Å². The number of hydrogen-bond donors (Lipinski definition) is 1. The standard InChI is InChI=1S/C17H22Cl2N2O.ClH/c1-10-4-5-21(12(6-10)9-20)17(22)15-8-14(15)13-3-2-11(18)7-16(13)19;/h2-3,7,10,12,14-15H,4-6,8-9,20H2,1H3;1H. The van der Waals surface area contributed by atoms with Crippen molar-refractivity contribution in [3.05, 3.63) is 33.8 Å². The van der Waals surface area contributed by atoms with E-state index in [9.17, 15) is 4.79 Å². The van der Waals surface area contributed by atoms with Gasteiger partial charge in [-0.15, -0.1) is 12.4 Å². The van der Waals surface area contributed by atoms with E-state index < -0.39 is 0 Å². The fourth-order valence-corrected chi connectivity index (χ4v) is 4.14. The monoisotopic (exact) mass is 376 g/mol. The van der Waals surface area contributed by atoms with Crippen LogP contribution < -0.4 is 5.73 Å². The van der Waals surface area contributed by atoms with Gasteiger partial charge in [-0.2, -0.15) is 0 Å². The minimum atomic E-state index is 0. The third kappa shape index (κ3) is 3.96. The summed E-state index contributed by atoms with van der Waals surface area (Å²) in [5, 5.41) is 1.29. The van der Waals surface area contributed by atoms with Crippen LogP contribution >= 0.6 is 35.6 Å². The number of nitrogens with two attached hydrogens (primary N) is 1. The summed E-state index contributed by atoms with van der Waals surface area (Å²) in [5.41, 5.74) is 6.91. The van der Waals surface area contributed by atoms with Crippen molar-refractivity contribution in [3.8, 4) is 0 Å². The van der Waals surface area contributed by atoms with Crippen LogP contribution in [0, 0.1) is 11.8 Å². The minimum Gasteiger partial charge on any atom is -0.338 e. The van der Waals surface area contributed by atoms with E-state index in [0.29, 0.717) is 22.5 Å². The van der Waals surface area contributed by atoms with E-state index in [4.69, 9.17) is 28.9 Å². The third-order valence-electron chi connectivity index (χ3n) is 5.00. The molecule has 2 N–H and O–H groups in total. The van der Waals surface area contributed by atoms with Crippen LogP contribution in [0.2, 0.25) is 10.0 Å². The summed E-state index contributed by atoms with van der Waals surface area (Å²) in [6, 6.07) is 5.73. The van der Waals surface area contributed by atoms with Crippen LogP contribution in [-0.2, 0) is 4.79 Å². The lowest BCUT2D eigenvalue weighted by Crippen LogP contribution is -2.49. The van der Waals surface area contributed by atoms with Crippen LogP contribution in [0.25, 0.3) is 0 Å². The highest BCUT2D eigenvalue weighted by molar-refractivity contribution is 6.35. The average Bonchev–Trinajstić information content (AvgIpc) is 3.26. The molecule has 1 aliphatic carbocycles. The van der Waals surface area contributed by atoms with E-state index >= 15 is 0 Å². The lowest BCUT2D eigenvalue weighted by molar-refractivity contribution is -0.136. The van der Waals surface area contributed by atoms with Crippen molar-refractivity contribution >= 4 is 41.5 Å². The summed E-state index contributed by atoms with van der Waals surface area (Å²) in [4.78, 5) is 14.8. The number of likely N-dealkylation sites (tertiary alicyclic amines) is 1. The molecule has 23 heavy (non-hydrogen) atoms. The molecule has 0 spiro atoms. The topological polar surface area (TPSA) is 46.3 Å². The number of benzene rings is 1. The van der Waals surface area contributed by atoms with Crippen molar-refractivity contribution in [3.63, 3.8) is 0 Å². The van der Waals surface area contributed by atoms with Crippen LogP contribution in [0.1, 0.15) is 37.7 Å². The molecule has 128 valence electrons. The Labute approximate surface area is 153 Å². The number of halogens is 3. The maximum absolute atomic E-state index is 12.8. The molecular formula is C17H23Cl3N2O. The van der Waals surface area contributed by atoms with E-state index in [0.717, 1.165) is 31.4 Å². The van der Waals surface area contributed by atoms with Gasteiger partial charge in [-0.25, -0.2) is 0 Å². The highest BCUT2D eigenvalue weighted by Crippen LogP contribution is 2.51. The molecule has 1 aliphatic heterocycles. The Bertz CT molecular complexity index is 581. The van der Waals surface area contributed by atoms with Crippen LogP contribution in [0.5, 0.6) is 0 Å². The number of hydrogen-bond acceptors (Lipinski definition) is 2. The molecule has 0 bridgehead atoms. The molecular weight excluding hydrogens is 355 g/mol. The van der Waals surface area contributed by atoms with E-state index in [2.05, 4.69) is 6.92 Å². The molecule has 0 aromatic heterocycles. The minimum absolute atomic E-state index is 0. The number of rotatable bonds is 3. The number of piperidine rings is 1. The van der Waals surface area contributed by atoms with Crippen LogP contribution in [-0.4, -0.2) is 29.9 Å². The normalized spacial score (nSPS) is 29.8. The Morgan fingerprint density at radius 3 is 2.74 bits per heavy atom. The summed E-state index contributed by atoms with van der Waals surface area (Å²) < 4.78 is 0. The van der Waals surface area contributed by atoms with Crippen LogP contribution in [0.15, 0.2) is 18.2 Å². The van der Waals surface area contributed by atoms with Gasteiger partial charge >= 0.3 is 0 Å². The van der Waals surface area contributed by atoms with Gasteiger partial charge in [0, 0.05) is 35.1 Å². The zero-order chi connectivity index (χ0) is 15.9. The quantitative estimate of drug-likeness (QED) is 0.862. The van der Waals surface area contributed by atoms with Gasteiger partial charge in [-0.05, 0) is 48.8 Å². The second-order valence-corrected chi connectivity index (χ2v) is 7.51. The van der Waals surface area contributed by atoms with Gasteiger partial charge in [0.05, 0.1) is 0 Å². The molecule has 2 aliphatic rings. The fourth-order valence-electron chi connectivity index (χ4n) is 3.59. The highest BCUT2D eigenvalue weighted by Gasteiger charge is 2.48. The zero-order valence-electron chi connectivity index (χ0n) is 13.2. The molecule has 1 heterocycles. The van der Waals surface area contributed by atoms with E-state index in [1.54, 1.807) is 6.07 Å². The number of carbonyl (C=O) groups is 1. The molecule has 2 fully saturated rings. The summed E-state index contributed by atoms with van der Waals surface area (Å²) in [7, 11) is 0. The third-order valence-corrected chi connectivity index (χ3v) is 5.57. The van der Waals surface area contributed by atoms with Crippen molar-refractivity contribution in [2.45, 2.75) is 38.1 Å². The van der Waals surface area contributed by atoms with Crippen molar-refractivity contribution in [1.82, 2.24) is 4.90 Å². The second-order valence-electron chi connectivity index (χ2n) is 6.67. The summed E-state index contributed by atoms with van der Waals surface area (Å²) >= 11 is 12.2. The van der Waals surface area contributed by atoms with Gasteiger partial charge in [0.25, 0.3) is 0 Å². The fraction of sp³-hybridized carbons (Fsp3) is 0.588. The number of amides is 1. The Balaban J connectivity index is 0.00000192. The molecule has 4 atom stereocenters. The Hall–Kier alpha value is -0.480. The van der Waals surface area contributed by atoms with E-state index in [1.807, 2.05) is 17.0 Å². The predicted octanol–water partition coefficient (Wildman–Crippen LogP) is 4.10. The van der Waals surface area contributed by atoms with Crippen molar-refractivity contribution in [2.75, 3.05) is 13.1 Å².